The maximum atomic E-state index is 14.3. The van der Waals surface area contributed by atoms with Crippen molar-refractivity contribution < 1.29 is 13.9 Å². The van der Waals surface area contributed by atoms with Crippen LogP contribution in [0.2, 0.25) is 0 Å². The zero-order valence-corrected chi connectivity index (χ0v) is 17.4. The van der Waals surface area contributed by atoms with E-state index < -0.39 is 5.82 Å². The Hall–Kier alpha value is -3.26. The summed E-state index contributed by atoms with van der Waals surface area (Å²) in [6.45, 7) is 1.12. The van der Waals surface area contributed by atoms with Crippen molar-refractivity contribution in [1.29, 1.82) is 0 Å². The largest absolute Gasteiger partial charge is 0.497 e. The highest BCUT2D eigenvalue weighted by Crippen LogP contribution is 2.40. The molecule has 0 saturated carbocycles. The molecule has 2 aromatic heterocycles. The van der Waals surface area contributed by atoms with Gasteiger partial charge in [-0.2, -0.15) is 0 Å². The molecule has 3 aromatic rings. The van der Waals surface area contributed by atoms with Crippen molar-refractivity contribution in [3.8, 4) is 17.0 Å². The average Bonchev–Trinajstić information content (AvgIpc) is 2.80. The van der Waals surface area contributed by atoms with Gasteiger partial charge in [-0.05, 0) is 42.2 Å². The van der Waals surface area contributed by atoms with Crippen molar-refractivity contribution in [2.24, 2.45) is 7.05 Å². The SMILES string of the molecule is COc1ccc2c(c1)CCC1C2OCCN1c1nc(-c2ccncc2F)cc(=O)n1C. The van der Waals surface area contributed by atoms with Gasteiger partial charge in [0.2, 0.25) is 5.95 Å². The summed E-state index contributed by atoms with van der Waals surface area (Å²) in [6, 6.07) is 9.00. The van der Waals surface area contributed by atoms with Crippen molar-refractivity contribution >= 4 is 5.95 Å². The lowest BCUT2D eigenvalue weighted by molar-refractivity contribution is 0.00172. The quantitative estimate of drug-likeness (QED) is 0.647. The van der Waals surface area contributed by atoms with Gasteiger partial charge >= 0.3 is 0 Å². The first-order valence-electron chi connectivity index (χ1n) is 10.3. The predicted molar refractivity (Wildman–Crippen MR) is 114 cm³/mol. The molecule has 3 heterocycles. The molecule has 5 rings (SSSR count). The van der Waals surface area contributed by atoms with E-state index in [9.17, 15) is 9.18 Å². The number of aryl methyl sites for hydroxylation is 1. The molecule has 1 fully saturated rings. The minimum absolute atomic E-state index is 0.0327. The van der Waals surface area contributed by atoms with Crippen LogP contribution in [-0.4, -0.2) is 40.8 Å². The van der Waals surface area contributed by atoms with E-state index in [0.717, 1.165) is 30.4 Å². The summed E-state index contributed by atoms with van der Waals surface area (Å²) in [4.78, 5) is 23.4. The third-order valence-corrected chi connectivity index (χ3v) is 6.16. The fourth-order valence-corrected chi connectivity index (χ4v) is 4.58. The molecule has 0 amide bonds. The Morgan fingerprint density at radius 1 is 1.26 bits per heavy atom. The van der Waals surface area contributed by atoms with Gasteiger partial charge in [-0.3, -0.25) is 14.3 Å². The van der Waals surface area contributed by atoms with Gasteiger partial charge in [-0.1, -0.05) is 6.07 Å². The van der Waals surface area contributed by atoms with E-state index in [1.165, 1.54) is 28.5 Å². The highest BCUT2D eigenvalue weighted by atomic mass is 19.1. The first-order valence-corrected chi connectivity index (χ1v) is 10.3. The van der Waals surface area contributed by atoms with Gasteiger partial charge in [-0.25, -0.2) is 9.37 Å². The van der Waals surface area contributed by atoms with Gasteiger partial charge in [0.05, 0.1) is 31.6 Å². The maximum absolute atomic E-state index is 14.3. The predicted octanol–water partition coefficient (Wildman–Crippen LogP) is 2.88. The molecule has 31 heavy (non-hydrogen) atoms. The number of hydrogen-bond acceptors (Lipinski definition) is 6. The summed E-state index contributed by atoms with van der Waals surface area (Å²) in [7, 11) is 3.36. The van der Waals surface area contributed by atoms with Crippen LogP contribution in [0.15, 0.2) is 47.5 Å². The van der Waals surface area contributed by atoms with Gasteiger partial charge < -0.3 is 14.4 Å². The van der Waals surface area contributed by atoms with E-state index >= 15 is 0 Å². The number of halogens is 1. The molecule has 0 spiro atoms. The lowest BCUT2D eigenvalue weighted by Crippen LogP contribution is -2.51. The van der Waals surface area contributed by atoms with Gasteiger partial charge in [0.25, 0.3) is 5.56 Å². The van der Waals surface area contributed by atoms with E-state index in [-0.39, 0.29) is 23.3 Å². The van der Waals surface area contributed by atoms with E-state index in [0.29, 0.717) is 24.8 Å². The number of fused-ring (bicyclic) bond motifs is 3. The number of methoxy groups -OCH3 is 1. The Kier molecular flexibility index (Phi) is 4.94. The Labute approximate surface area is 179 Å². The molecule has 1 saturated heterocycles. The van der Waals surface area contributed by atoms with Crippen molar-refractivity contribution in [3.05, 3.63) is 70.0 Å². The molecule has 2 unspecified atom stereocenters. The second-order valence-electron chi connectivity index (χ2n) is 7.85. The number of anilines is 1. The smallest absolute Gasteiger partial charge is 0.255 e. The van der Waals surface area contributed by atoms with Crippen molar-refractivity contribution in [2.75, 3.05) is 25.2 Å². The first kappa shape index (κ1) is 19.7. The number of aromatic nitrogens is 3. The van der Waals surface area contributed by atoms with E-state index in [1.807, 2.05) is 6.07 Å². The van der Waals surface area contributed by atoms with Crippen LogP contribution in [0.5, 0.6) is 5.75 Å². The molecule has 1 aliphatic heterocycles. The molecule has 0 radical (unpaired) electrons. The summed E-state index contributed by atoms with van der Waals surface area (Å²) in [5.74, 6) is 0.851. The normalized spacial score (nSPS) is 20.2. The van der Waals surface area contributed by atoms with Gasteiger partial charge in [0.15, 0.2) is 5.82 Å². The molecule has 0 N–H and O–H groups in total. The van der Waals surface area contributed by atoms with Crippen LogP contribution < -0.4 is 15.2 Å². The van der Waals surface area contributed by atoms with Gasteiger partial charge in [-0.15, -0.1) is 0 Å². The monoisotopic (exact) mass is 422 g/mol. The number of ether oxygens (including phenoxy) is 2. The fraction of sp³-hybridized carbons (Fsp3) is 0.348. The van der Waals surface area contributed by atoms with Crippen molar-refractivity contribution in [2.45, 2.75) is 25.0 Å². The minimum atomic E-state index is -0.505. The van der Waals surface area contributed by atoms with Crippen LogP contribution in [0.3, 0.4) is 0 Å². The molecule has 2 atom stereocenters. The Bertz CT molecular complexity index is 1200. The number of pyridine rings is 1. The second kappa shape index (κ2) is 7.77. The van der Waals surface area contributed by atoms with Crippen LogP contribution in [0.4, 0.5) is 10.3 Å². The lowest BCUT2D eigenvalue weighted by Gasteiger charge is -2.45. The molecule has 160 valence electrons. The Balaban J connectivity index is 1.56. The molecular formula is C23H23FN4O3. The van der Waals surface area contributed by atoms with Crippen LogP contribution in [0.1, 0.15) is 23.7 Å². The molecular weight excluding hydrogens is 399 g/mol. The summed E-state index contributed by atoms with van der Waals surface area (Å²) < 4.78 is 27.4. The first-order chi connectivity index (χ1) is 15.1. The summed E-state index contributed by atoms with van der Waals surface area (Å²) in [5.41, 5.74) is 2.70. The van der Waals surface area contributed by atoms with Crippen molar-refractivity contribution in [1.82, 2.24) is 14.5 Å². The summed E-state index contributed by atoms with van der Waals surface area (Å²) in [6.07, 6.45) is 4.23. The topological polar surface area (TPSA) is 69.5 Å². The van der Waals surface area contributed by atoms with E-state index in [4.69, 9.17) is 14.5 Å². The standard InChI is InChI=1S/C23H23FN4O3/c1-27-21(29)12-19(17-7-8-25-13-18(17)24)26-23(27)28-9-10-31-22-16-5-4-15(30-2)11-14(16)3-6-20(22)28/h4-5,7-8,11-13,20,22H,3,6,9-10H2,1-2H3. The maximum Gasteiger partial charge on any atom is 0.255 e. The van der Waals surface area contributed by atoms with Crippen LogP contribution in [0.25, 0.3) is 11.3 Å². The molecule has 1 aromatic carbocycles. The number of rotatable bonds is 3. The van der Waals surface area contributed by atoms with Gasteiger partial charge in [0, 0.05) is 31.4 Å². The zero-order valence-electron chi connectivity index (χ0n) is 17.4. The zero-order chi connectivity index (χ0) is 21.5. The lowest BCUT2D eigenvalue weighted by atomic mass is 9.84. The van der Waals surface area contributed by atoms with Crippen LogP contribution >= 0.6 is 0 Å². The number of benzene rings is 1. The Morgan fingerprint density at radius 2 is 2.13 bits per heavy atom. The number of morpholine rings is 1. The third-order valence-electron chi connectivity index (χ3n) is 6.16. The fourth-order valence-electron chi connectivity index (χ4n) is 4.58. The van der Waals surface area contributed by atoms with Crippen LogP contribution in [0, 0.1) is 5.82 Å². The molecule has 2 aliphatic rings. The molecule has 8 heteroatoms. The van der Waals surface area contributed by atoms with Gasteiger partial charge in [0.1, 0.15) is 11.9 Å². The number of hydrogen-bond donors (Lipinski definition) is 0. The average molecular weight is 422 g/mol. The summed E-state index contributed by atoms with van der Waals surface area (Å²) >= 11 is 0. The minimum Gasteiger partial charge on any atom is -0.497 e. The van der Waals surface area contributed by atoms with E-state index in [2.05, 4.69) is 22.0 Å². The molecule has 7 nitrogen and oxygen atoms in total. The van der Waals surface area contributed by atoms with E-state index in [1.54, 1.807) is 14.2 Å². The third kappa shape index (κ3) is 3.37. The molecule has 0 bridgehead atoms. The van der Waals surface area contributed by atoms with Crippen LogP contribution in [-0.2, 0) is 18.2 Å². The molecule has 1 aliphatic carbocycles. The highest BCUT2D eigenvalue weighted by Gasteiger charge is 2.39. The highest BCUT2D eigenvalue weighted by molar-refractivity contribution is 5.60. The second-order valence-corrected chi connectivity index (χ2v) is 7.85. The number of nitrogens with zero attached hydrogens (tertiary/aromatic N) is 4. The summed E-state index contributed by atoms with van der Waals surface area (Å²) in [5, 5.41) is 0. The Morgan fingerprint density at radius 3 is 2.94 bits per heavy atom. The van der Waals surface area contributed by atoms with Crippen molar-refractivity contribution in [3.63, 3.8) is 0 Å².